The average Bonchev–Trinajstić information content (AvgIpc) is 2.74. The number of hydrogen-bond acceptors (Lipinski definition) is 5. The van der Waals surface area contributed by atoms with Crippen molar-refractivity contribution in [2.45, 2.75) is 0 Å². The minimum atomic E-state index is 0.776. The Morgan fingerprint density at radius 3 is 2.56 bits per heavy atom. The monoisotopic (exact) mass is 354 g/mol. The van der Waals surface area contributed by atoms with E-state index < -0.39 is 0 Å². The molecule has 0 fully saturated rings. The number of anilines is 1. The molecule has 0 atom stereocenters. The van der Waals surface area contributed by atoms with Gasteiger partial charge in [0.1, 0.15) is 5.75 Å². The van der Waals surface area contributed by atoms with E-state index in [4.69, 9.17) is 9.72 Å². The van der Waals surface area contributed by atoms with E-state index in [1.165, 1.54) is 0 Å². The van der Waals surface area contributed by atoms with Crippen LogP contribution in [0.15, 0.2) is 84.2 Å². The zero-order valence-electron chi connectivity index (χ0n) is 14.8. The van der Waals surface area contributed by atoms with Crippen molar-refractivity contribution in [1.82, 2.24) is 9.97 Å². The number of ether oxygens (including phenoxy) is 1. The Kier molecular flexibility index (Phi) is 4.74. The first-order valence-corrected chi connectivity index (χ1v) is 8.57. The van der Waals surface area contributed by atoms with Gasteiger partial charge in [-0.25, -0.2) is 4.98 Å². The number of rotatable bonds is 5. The molecule has 4 rings (SSSR count). The summed E-state index contributed by atoms with van der Waals surface area (Å²) in [6.45, 7) is 0. The molecule has 2 aromatic carbocycles. The SMILES string of the molecule is COc1ccc2nc(-c3ccccc3)cc(N/N=C/c3ccncc3)c2c1. The second-order valence-electron chi connectivity index (χ2n) is 5.95. The van der Waals surface area contributed by atoms with E-state index in [2.05, 4.69) is 15.5 Å². The molecular weight excluding hydrogens is 336 g/mol. The summed E-state index contributed by atoms with van der Waals surface area (Å²) in [5, 5.41) is 5.33. The van der Waals surface area contributed by atoms with Crippen molar-refractivity contribution >= 4 is 22.8 Å². The standard InChI is InChI=1S/C22H18N4O/c1-27-18-7-8-20-19(13-18)22(26-24-15-16-9-11-23-12-10-16)14-21(25-20)17-5-3-2-4-6-17/h2-15H,1H3,(H,25,26)/b24-15+. The van der Waals surface area contributed by atoms with Gasteiger partial charge in [-0.05, 0) is 42.0 Å². The number of nitrogens with zero attached hydrogens (tertiary/aromatic N) is 3. The van der Waals surface area contributed by atoms with Crippen molar-refractivity contribution in [2.24, 2.45) is 5.10 Å². The molecule has 4 aromatic rings. The maximum atomic E-state index is 5.37. The smallest absolute Gasteiger partial charge is 0.119 e. The van der Waals surface area contributed by atoms with Crippen molar-refractivity contribution in [3.63, 3.8) is 0 Å². The van der Waals surface area contributed by atoms with Crippen LogP contribution in [0, 0.1) is 0 Å². The van der Waals surface area contributed by atoms with E-state index in [0.29, 0.717) is 0 Å². The molecule has 0 spiro atoms. The lowest BCUT2D eigenvalue weighted by Gasteiger charge is -2.11. The summed E-state index contributed by atoms with van der Waals surface area (Å²) in [5.74, 6) is 0.776. The molecule has 1 N–H and O–H groups in total. The highest BCUT2D eigenvalue weighted by molar-refractivity contribution is 5.95. The minimum Gasteiger partial charge on any atom is -0.497 e. The predicted molar refractivity (Wildman–Crippen MR) is 109 cm³/mol. The van der Waals surface area contributed by atoms with Crippen LogP contribution in [-0.4, -0.2) is 23.3 Å². The Balaban J connectivity index is 1.76. The highest BCUT2D eigenvalue weighted by Crippen LogP contribution is 2.30. The molecule has 0 aliphatic carbocycles. The summed E-state index contributed by atoms with van der Waals surface area (Å²) in [4.78, 5) is 8.80. The molecule has 132 valence electrons. The molecule has 0 bridgehead atoms. The van der Waals surface area contributed by atoms with Gasteiger partial charge in [-0.2, -0.15) is 5.10 Å². The van der Waals surface area contributed by atoms with Gasteiger partial charge in [-0.15, -0.1) is 0 Å². The largest absolute Gasteiger partial charge is 0.497 e. The van der Waals surface area contributed by atoms with Gasteiger partial charge >= 0.3 is 0 Å². The summed E-state index contributed by atoms with van der Waals surface area (Å²) < 4.78 is 5.37. The van der Waals surface area contributed by atoms with Crippen LogP contribution < -0.4 is 10.2 Å². The fourth-order valence-electron chi connectivity index (χ4n) is 2.81. The van der Waals surface area contributed by atoms with Crippen molar-refractivity contribution < 1.29 is 4.74 Å². The molecular formula is C22H18N4O. The predicted octanol–water partition coefficient (Wildman–Crippen LogP) is 4.75. The summed E-state index contributed by atoms with van der Waals surface area (Å²) in [5.41, 5.74) is 7.79. The number of fused-ring (bicyclic) bond motifs is 1. The van der Waals surface area contributed by atoms with Gasteiger partial charge in [0.15, 0.2) is 0 Å². The lowest BCUT2D eigenvalue weighted by Crippen LogP contribution is -1.96. The van der Waals surface area contributed by atoms with Crippen LogP contribution >= 0.6 is 0 Å². The molecule has 0 saturated carbocycles. The number of hydrazone groups is 1. The highest BCUT2D eigenvalue weighted by atomic mass is 16.5. The first-order chi connectivity index (χ1) is 13.3. The zero-order chi connectivity index (χ0) is 18.5. The van der Waals surface area contributed by atoms with Gasteiger partial charge in [0.25, 0.3) is 0 Å². The number of pyridine rings is 2. The van der Waals surface area contributed by atoms with Gasteiger partial charge < -0.3 is 4.74 Å². The Bertz CT molecular complexity index is 1080. The first kappa shape index (κ1) is 16.7. The lowest BCUT2D eigenvalue weighted by molar-refractivity contribution is 0.415. The van der Waals surface area contributed by atoms with E-state index in [1.54, 1.807) is 25.7 Å². The van der Waals surface area contributed by atoms with Crippen LogP contribution in [0.4, 0.5) is 5.69 Å². The summed E-state index contributed by atoms with van der Waals surface area (Å²) in [6, 6.07) is 21.7. The van der Waals surface area contributed by atoms with Gasteiger partial charge in [-0.1, -0.05) is 30.3 Å². The Morgan fingerprint density at radius 1 is 0.963 bits per heavy atom. The van der Waals surface area contributed by atoms with Gasteiger partial charge in [-0.3, -0.25) is 10.4 Å². The third-order valence-electron chi connectivity index (χ3n) is 4.19. The molecule has 27 heavy (non-hydrogen) atoms. The number of nitrogens with one attached hydrogen (secondary N) is 1. The second kappa shape index (κ2) is 7.66. The van der Waals surface area contributed by atoms with Crippen molar-refractivity contribution in [1.29, 1.82) is 0 Å². The third kappa shape index (κ3) is 3.77. The fourth-order valence-corrected chi connectivity index (χ4v) is 2.81. The Morgan fingerprint density at radius 2 is 1.78 bits per heavy atom. The number of aromatic nitrogens is 2. The fraction of sp³-hybridized carbons (Fsp3) is 0.0455. The summed E-state index contributed by atoms with van der Waals surface area (Å²) in [6.07, 6.45) is 5.24. The molecule has 2 heterocycles. The first-order valence-electron chi connectivity index (χ1n) is 8.57. The normalized spacial score (nSPS) is 11.0. The highest BCUT2D eigenvalue weighted by Gasteiger charge is 2.08. The summed E-state index contributed by atoms with van der Waals surface area (Å²) in [7, 11) is 1.65. The van der Waals surface area contributed by atoms with Crippen LogP contribution in [0.25, 0.3) is 22.2 Å². The molecule has 5 nitrogen and oxygen atoms in total. The topological polar surface area (TPSA) is 59.4 Å². The van der Waals surface area contributed by atoms with Gasteiger partial charge in [0, 0.05) is 23.3 Å². The van der Waals surface area contributed by atoms with E-state index in [0.717, 1.165) is 39.2 Å². The molecule has 0 unspecified atom stereocenters. The van der Waals surface area contributed by atoms with Gasteiger partial charge in [0.05, 0.1) is 30.2 Å². The Hall–Kier alpha value is -3.73. The van der Waals surface area contributed by atoms with Crippen molar-refractivity contribution in [3.8, 4) is 17.0 Å². The molecule has 2 aromatic heterocycles. The van der Waals surface area contributed by atoms with Crippen LogP contribution in [0.3, 0.4) is 0 Å². The Labute approximate surface area is 157 Å². The van der Waals surface area contributed by atoms with Gasteiger partial charge in [0.2, 0.25) is 0 Å². The minimum absolute atomic E-state index is 0.776. The van der Waals surface area contributed by atoms with Crippen molar-refractivity contribution in [2.75, 3.05) is 12.5 Å². The molecule has 0 aliphatic heterocycles. The second-order valence-corrected chi connectivity index (χ2v) is 5.95. The summed E-state index contributed by atoms with van der Waals surface area (Å²) >= 11 is 0. The average molecular weight is 354 g/mol. The van der Waals surface area contributed by atoms with Crippen LogP contribution in [0.5, 0.6) is 5.75 Å². The van der Waals surface area contributed by atoms with Crippen LogP contribution in [0.1, 0.15) is 5.56 Å². The molecule has 5 heteroatoms. The number of hydrogen-bond donors (Lipinski definition) is 1. The number of methoxy groups -OCH3 is 1. The molecule has 0 radical (unpaired) electrons. The van der Waals surface area contributed by atoms with E-state index >= 15 is 0 Å². The van der Waals surface area contributed by atoms with Crippen molar-refractivity contribution in [3.05, 3.63) is 84.7 Å². The number of benzene rings is 2. The van der Waals surface area contributed by atoms with E-state index in [1.807, 2.05) is 66.7 Å². The molecule has 0 saturated heterocycles. The third-order valence-corrected chi connectivity index (χ3v) is 4.19. The van der Waals surface area contributed by atoms with Crippen LogP contribution in [0.2, 0.25) is 0 Å². The quantitative estimate of drug-likeness (QED) is 0.415. The lowest BCUT2D eigenvalue weighted by atomic mass is 10.1. The molecule has 0 amide bonds. The maximum Gasteiger partial charge on any atom is 0.119 e. The van der Waals surface area contributed by atoms with E-state index in [-0.39, 0.29) is 0 Å². The maximum absolute atomic E-state index is 5.37. The zero-order valence-corrected chi connectivity index (χ0v) is 14.8. The van der Waals surface area contributed by atoms with E-state index in [9.17, 15) is 0 Å². The van der Waals surface area contributed by atoms with Crippen LogP contribution in [-0.2, 0) is 0 Å². The molecule has 0 aliphatic rings.